The lowest BCUT2D eigenvalue weighted by Gasteiger charge is -2.02. The summed E-state index contributed by atoms with van der Waals surface area (Å²) in [5, 5.41) is 0.434. The predicted octanol–water partition coefficient (Wildman–Crippen LogP) is 3.68. The van der Waals surface area contributed by atoms with Crippen molar-refractivity contribution in [1.29, 1.82) is 0 Å². The first kappa shape index (κ1) is 10.1. The summed E-state index contributed by atoms with van der Waals surface area (Å²) in [7, 11) is 0. The highest BCUT2D eigenvalue weighted by molar-refractivity contribution is 6.30. The van der Waals surface area contributed by atoms with E-state index >= 15 is 0 Å². The largest absolute Gasteiger partial charge is 0.256 e. The summed E-state index contributed by atoms with van der Waals surface area (Å²) >= 11 is 5.73. The molecule has 0 spiro atoms. The van der Waals surface area contributed by atoms with Gasteiger partial charge < -0.3 is 0 Å². The fraction of sp³-hybridized carbons (Fsp3) is 0. The number of benzene rings is 1. The Balaban J connectivity index is 2.58. The molecular formula is C11H6ClF2N. The zero-order valence-corrected chi connectivity index (χ0v) is 8.30. The maximum Gasteiger partial charge on any atom is 0.132 e. The zero-order valence-electron chi connectivity index (χ0n) is 7.55. The smallest absolute Gasteiger partial charge is 0.132 e. The minimum absolute atomic E-state index is 0.109. The fourth-order valence-electron chi connectivity index (χ4n) is 1.25. The van der Waals surface area contributed by atoms with Gasteiger partial charge in [-0.2, -0.15) is 0 Å². The molecule has 0 aliphatic rings. The van der Waals surface area contributed by atoms with E-state index in [0.717, 1.165) is 18.2 Å². The van der Waals surface area contributed by atoms with Crippen molar-refractivity contribution in [2.75, 3.05) is 0 Å². The molecule has 0 fully saturated rings. The van der Waals surface area contributed by atoms with Gasteiger partial charge in [-0.25, -0.2) is 8.78 Å². The highest BCUT2D eigenvalue weighted by Gasteiger charge is 2.07. The first-order valence-electron chi connectivity index (χ1n) is 4.24. The van der Waals surface area contributed by atoms with Crippen molar-refractivity contribution in [3.8, 4) is 11.3 Å². The fourth-order valence-corrected chi connectivity index (χ4v) is 1.41. The van der Waals surface area contributed by atoms with E-state index in [0.29, 0.717) is 10.7 Å². The van der Waals surface area contributed by atoms with Gasteiger partial charge in [0.25, 0.3) is 0 Å². The summed E-state index contributed by atoms with van der Waals surface area (Å²) in [5.41, 5.74) is 0.428. The average Bonchev–Trinajstić information content (AvgIpc) is 2.22. The molecule has 1 aromatic heterocycles. The Morgan fingerprint density at radius 1 is 1.07 bits per heavy atom. The van der Waals surface area contributed by atoms with Crippen LogP contribution in [0.15, 0.2) is 36.5 Å². The molecule has 1 heterocycles. The van der Waals surface area contributed by atoms with Crippen LogP contribution in [0.3, 0.4) is 0 Å². The van der Waals surface area contributed by atoms with Crippen LogP contribution in [-0.2, 0) is 0 Å². The summed E-state index contributed by atoms with van der Waals surface area (Å²) in [4.78, 5) is 3.92. The van der Waals surface area contributed by atoms with Crippen molar-refractivity contribution < 1.29 is 8.78 Å². The Kier molecular flexibility index (Phi) is 2.64. The average molecular weight is 226 g/mol. The Morgan fingerprint density at radius 2 is 1.87 bits per heavy atom. The molecule has 1 nitrogen and oxygen atoms in total. The molecule has 0 radical (unpaired) electrons. The van der Waals surface area contributed by atoms with Crippen molar-refractivity contribution in [1.82, 2.24) is 4.98 Å². The van der Waals surface area contributed by atoms with E-state index in [9.17, 15) is 8.78 Å². The molecule has 0 unspecified atom stereocenters. The van der Waals surface area contributed by atoms with Crippen LogP contribution in [0.4, 0.5) is 8.78 Å². The van der Waals surface area contributed by atoms with Crippen LogP contribution in [-0.4, -0.2) is 4.98 Å². The van der Waals surface area contributed by atoms with Crippen LogP contribution in [0.1, 0.15) is 0 Å². The zero-order chi connectivity index (χ0) is 10.8. The van der Waals surface area contributed by atoms with Crippen LogP contribution < -0.4 is 0 Å². The number of pyridine rings is 1. The van der Waals surface area contributed by atoms with Crippen LogP contribution in [0.25, 0.3) is 11.3 Å². The lowest BCUT2D eigenvalue weighted by molar-refractivity contribution is 0.602. The number of aromatic nitrogens is 1. The molecule has 0 atom stereocenters. The number of rotatable bonds is 1. The Bertz CT molecular complexity index is 500. The molecule has 0 saturated carbocycles. The standard InChI is InChI=1S/C11H6ClF2N/c12-7-3-4-15-11(5-7)9-6-8(13)1-2-10(9)14/h1-6H. The molecule has 1 aromatic carbocycles. The van der Waals surface area contributed by atoms with Gasteiger partial charge in [-0.15, -0.1) is 0 Å². The molecule has 15 heavy (non-hydrogen) atoms. The highest BCUT2D eigenvalue weighted by atomic mass is 35.5. The maximum absolute atomic E-state index is 13.3. The molecule has 0 bridgehead atoms. The molecule has 2 rings (SSSR count). The lowest BCUT2D eigenvalue weighted by atomic mass is 10.1. The van der Waals surface area contributed by atoms with Crippen molar-refractivity contribution in [3.05, 3.63) is 53.2 Å². The second-order valence-electron chi connectivity index (χ2n) is 2.98. The number of hydrogen-bond donors (Lipinski definition) is 0. The third-order valence-electron chi connectivity index (χ3n) is 1.93. The second kappa shape index (κ2) is 3.95. The molecule has 4 heteroatoms. The summed E-state index contributed by atoms with van der Waals surface area (Å²) < 4.78 is 26.2. The molecule has 0 amide bonds. The molecule has 76 valence electrons. The van der Waals surface area contributed by atoms with Crippen molar-refractivity contribution in [3.63, 3.8) is 0 Å². The summed E-state index contributed by atoms with van der Waals surface area (Å²) in [5.74, 6) is -1.03. The van der Waals surface area contributed by atoms with Gasteiger partial charge in [-0.3, -0.25) is 4.98 Å². The summed E-state index contributed by atoms with van der Waals surface area (Å²) in [6.07, 6.45) is 1.45. The first-order valence-corrected chi connectivity index (χ1v) is 4.61. The van der Waals surface area contributed by atoms with Crippen molar-refractivity contribution in [2.45, 2.75) is 0 Å². The van der Waals surface area contributed by atoms with E-state index in [1.807, 2.05) is 0 Å². The van der Waals surface area contributed by atoms with Crippen LogP contribution in [0, 0.1) is 11.6 Å². The van der Waals surface area contributed by atoms with Gasteiger partial charge in [0.05, 0.1) is 5.69 Å². The van der Waals surface area contributed by atoms with Gasteiger partial charge in [0, 0.05) is 16.8 Å². The van der Waals surface area contributed by atoms with Crippen molar-refractivity contribution in [2.24, 2.45) is 0 Å². The van der Waals surface area contributed by atoms with Gasteiger partial charge in [0.1, 0.15) is 11.6 Å². The van der Waals surface area contributed by atoms with Gasteiger partial charge in [0.2, 0.25) is 0 Å². The molecule has 2 aromatic rings. The van der Waals surface area contributed by atoms with E-state index in [2.05, 4.69) is 4.98 Å². The Hall–Kier alpha value is -1.48. The van der Waals surface area contributed by atoms with Gasteiger partial charge in [-0.1, -0.05) is 11.6 Å². The van der Waals surface area contributed by atoms with Gasteiger partial charge in [0.15, 0.2) is 0 Å². The third kappa shape index (κ3) is 2.13. The highest BCUT2D eigenvalue weighted by Crippen LogP contribution is 2.23. The van der Waals surface area contributed by atoms with E-state index in [1.54, 1.807) is 6.07 Å². The van der Waals surface area contributed by atoms with E-state index < -0.39 is 11.6 Å². The van der Waals surface area contributed by atoms with E-state index in [4.69, 9.17) is 11.6 Å². The summed E-state index contributed by atoms with van der Waals surface area (Å²) in [6.45, 7) is 0. The van der Waals surface area contributed by atoms with Crippen LogP contribution >= 0.6 is 11.6 Å². The minimum atomic E-state index is -0.522. The van der Waals surface area contributed by atoms with Crippen molar-refractivity contribution >= 4 is 11.6 Å². The van der Waals surface area contributed by atoms with Crippen LogP contribution in [0.5, 0.6) is 0 Å². The Morgan fingerprint density at radius 3 is 2.60 bits per heavy atom. The maximum atomic E-state index is 13.3. The van der Waals surface area contributed by atoms with Gasteiger partial charge >= 0.3 is 0 Å². The minimum Gasteiger partial charge on any atom is -0.256 e. The molecule has 0 N–H and O–H groups in total. The summed E-state index contributed by atoms with van der Waals surface area (Å²) in [6, 6.07) is 6.27. The number of nitrogens with zero attached hydrogens (tertiary/aromatic N) is 1. The monoisotopic (exact) mass is 225 g/mol. The van der Waals surface area contributed by atoms with Gasteiger partial charge in [-0.05, 0) is 30.3 Å². The van der Waals surface area contributed by atoms with E-state index in [1.165, 1.54) is 12.3 Å². The molecule has 0 aliphatic carbocycles. The van der Waals surface area contributed by atoms with Crippen LogP contribution in [0.2, 0.25) is 5.02 Å². The first-order chi connectivity index (χ1) is 7.16. The SMILES string of the molecule is Fc1ccc(F)c(-c2cc(Cl)ccn2)c1. The third-order valence-corrected chi connectivity index (χ3v) is 2.16. The normalized spacial score (nSPS) is 10.3. The predicted molar refractivity (Wildman–Crippen MR) is 54.6 cm³/mol. The Labute approximate surface area is 90.3 Å². The number of hydrogen-bond acceptors (Lipinski definition) is 1. The second-order valence-corrected chi connectivity index (χ2v) is 3.42. The molecular weight excluding hydrogens is 220 g/mol. The molecule has 0 aliphatic heterocycles. The molecule has 0 saturated heterocycles. The quantitative estimate of drug-likeness (QED) is 0.722. The lowest BCUT2D eigenvalue weighted by Crippen LogP contribution is -1.88. The number of halogens is 3. The van der Waals surface area contributed by atoms with E-state index in [-0.39, 0.29) is 5.56 Å². The topological polar surface area (TPSA) is 12.9 Å².